The average molecular weight is 1090 g/mol. The van der Waals surface area contributed by atoms with Gasteiger partial charge in [-0.2, -0.15) is 15.0 Å². The van der Waals surface area contributed by atoms with Crippen LogP contribution in [0.15, 0.2) is 203 Å². The number of nitrogens with one attached hydrogen (secondary N) is 1. The second kappa shape index (κ2) is 17.2. The summed E-state index contributed by atoms with van der Waals surface area (Å²) in [5.41, 5.74) is 7.06. The summed E-state index contributed by atoms with van der Waals surface area (Å²) in [6.07, 6.45) is 0. The SMILES string of the molecule is Clc1nc(-n2c3ccccc3c3c4ccccc4c4sc5ccccc5c4c32)c2c(n1)oc1ccccc12.Clc1nc(Cl)c2c(n1)oc1ccccc12.c1ccc2c(c1)[nH]c1c2c2ccccc2c2sc3ccccc3c12. The quantitative estimate of drug-likeness (QED) is 0.130. The lowest BCUT2D eigenvalue weighted by atomic mass is 10.00. The fourth-order valence-corrected chi connectivity index (χ4v) is 14.7. The molecule has 0 radical (unpaired) electrons. The summed E-state index contributed by atoms with van der Waals surface area (Å²) in [5, 5.41) is 19.4. The van der Waals surface area contributed by atoms with Crippen LogP contribution in [0.2, 0.25) is 15.7 Å². The van der Waals surface area contributed by atoms with E-state index in [0.29, 0.717) is 22.0 Å². The highest BCUT2D eigenvalue weighted by molar-refractivity contribution is 7.27. The molecule has 8 nitrogen and oxygen atoms in total. The highest BCUT2D eigenvalue weighted by atomic mass is 35.5. The highest BCUT2D eigenvalue weighted by Crippen LogP contribution is 2.49. The van der Waals surface area contributed by atoms with E-state index in [1.807, 2.05) is 65.1 Å². The van der Waals surface area contributed by atoms with Crippen molar-refractivity contribution in [2.45, 2.75) is 0 Å². The Morgan fingerprint density at radius 2 is 0.844 bits per heavy atom. The van der Waals surface area contributed by atoms with Crippen molar-refractivity contribution in [3.8, 4) is 5.82 Å². The van der Waals surface area contributed by atoms with Gasteiger partial charge in [0.15, 0.2) is 5.82 Å². The predicted octanol–water partition coefficient (Wildman–Crippen LogP) is 20.2. The summed E-state index contributed by atoms with van der Waals surface area (Å²) in [4.78, 5) is 20.9. The smallest absolute Gasteiger partial charge is 0.233 e. The van der Waals surface area contributed by atoms with Gasteiger partial charge in [0, 0.05) is 89.0 Å². The van der Waals surface area contributed by atoms with Gasteiger partial charge in [0.2, 0.25) is 22.0 Å². The molecule has 8 aromatic heterocycles. The predicted molar refractivity (Wildman–Crippen MR) is 325 cm³/mol. The zero-order valence-electron chi connectivity index (χ0n) is 40.0. The number of aromatic amines is 1. The number of H-pyrrole nitrogens is 1. The van der Waals surface area contributed by atoms with Gasteiger partial charge in [-0.15, -0.1) is 22.7 Å². The summed E-state index contributed by atoms with van der Waals surface area (Å²) < 4.78 is 19.2. The number of para-hydroxylation sites is 4. The van der Waals surface area contributed by atoms with Crippen molar-refractivity contribution in [2.24, 2.45) is 0 Å². The van der Waals surface area contributed by atoms with Crippen LogP contribution in [0.1, 0.15) is 0 Å². The minimum absolute atomic E-state index is 0.0894. The summed E-state index contributed by atoms with van der Waals surface area (Å²) >= 11 is 22.0. The normalized spacial score (nSPS) is 12.1. The van der Waals surface area contributed by atoms with Gasteiger partial charge in [0.1, 0.15) is 16.3 Å². The van der Waals surface area contributed by atoms with Crippen molar-refractivity contribution in [2.75, 3.05) is 0 Å². The third-order valence-electron chi connectivity index (χ3n) is 14.7. The maximum atomic E-state index is 6.56. The van der Waals surface area contributed by atoms with Crippen LogP contribution >= 0.6 is 57.5 Å². The Bertz CT molecular complexity index is 5500. The van der Waals surface area contributed by atoms with E-state index < -0.39 is 0 Å². The van der Waals surface area contributed by atoms with Gasteiger partial charge in [0.25, 0.3) is 0 Å². The second-order valence-corrected chi connectivity index (χ2v) is 22.0. The Labute approximate surface area is 457 Å². The lowest BCUT2D eigenvalue weighted by molar-refractivity contribution is 0.652. The molecule has 0 aliphatic rings. The Kier molecular flexibility index (Phi) is 9.98. The van der Waals surface area contributed by atoms with Gasteiger partial charge in [-0.05, 0) is 70.4 Å². The van der Waals surface area contributed by atoms with Crippen LogP contribution in [0.4, 0.5) is 0 Å². The van der Waals surface area contributed by atoms with E-state index in [0.717, 1.165) is 44.2 Å². The minimum atomic E-state index is 0.0894. The van der Waals surface area contributed by atoms with E-state index >= 15 is 0 Å². The molecule has 18 rings (SSSR count). The number of benzene rings is 10. The molecule has 0 bridgehead atoms. The molecule has 10 aromatic carbocycles. The Balaban J connectivity index is 0.000000108. The summed E-state index contributed by atoms with van der Waals surface area (Å²) in [6, 6.07) is 67.6. The van der Waals surface area contributed by atoms with Gasteiger partial charge in [-0.25, -0.2) is 4.98 Å². The average Bonchev–Trinajstić information content (AvgIpc) is 4.51. The molecule has 18 aromatic rings. The third kappa shape index (κ3) is 6.70. The molecule has 0 fully saturated rings. The number of hydrogen-bond acceptors (Lipinski definition) is 8. The Morgan fingerprint density at radius 3 is 1.51 bits per heavy atom. The Hall–Kier alpha value is -8.61. The van der Waals surface area contributed by atoms with E-state index in [1.165, 1.54) is 94.5 Å². The van der Waals surface area contributed by atoms with Crippen LogP contribution in [-0.4, -0.2) is 29.5 Å². The van der Waals surface area contributed by atoms with Crippen LogP contribution in [-0.2, 0) is 0 Å². The molecule has 0 saturated carbocycles. The molecule has 0 aliphatic carbocycles. The number of furan rings is 2. The molecule has 364 valence electrons. The van der Waals surface area contributed by atoms with Crippen molar-refractivity contribution in [1.29, 1.82) is 0 Å². The molecule has 77 heavy (non-hydrogen) atoms. The van der Waals surface area contributed by atoms with Crippen LogP contribution in [0.3, 0.4) is 0 Å². The van der Waals surface area contributed by atoms with E-state index in [-0.39, 0.29) is 10.6 Å². The molecule has 0 amide bonds. The van der Waals surface area contributed by atoms with Gasteiger partial charge in [-0.3, -0.25) is 4.57 Å². The number of hydrogen-bond donors (Lipinski definition) is 1. The van der Waals surface area contributed by atoms with Gasteiger partial charge in [0.05, 0.1) is 27.3 Å². The first kappa shape index (κ1) is 44.7. The molecule has 0 atom stereocenters. The first-order valence-electron chi connectivity index (χ1n) is 24.8. The van der Waals surface area contributed by atoms with Crippen molar-refractivity contribution in [3.05, 3.63) is 210 Å². The number of thiophene rings is 2. The molecule has 8 heterocycles. The maximum Gasteiger partial charge on any atom is 0.233 e. The van der Waals surface area contributed by atoms with Crippen LogP contribution in [0.25, 0.3) is 155 Å². The lowest BCUT2D eigenvalue weighted by Gasteiger charge is -2.11. The van der Waals surface area contributed by atoms with E-state index in [9.17, 15) is 0 Å². The summed E-state index contributed by atoms with van der Waals surface area (Å²) in [5.74, 6) is 0.725. The third-order valence-corrected chi connectivity index (χ3v) is 17.7. The number of nitrogens with zero attached hydrogens (tertiary/aromatic N) is 5. The standard InChI is InChI=1S/C32H16ClN3OS.C22H13NS.C10H4Cl2N2O/c33-32-34-30(27-20-12-4-7-15-23(20)37-31(27)35-32)36-22-14-6-3-11-19(22)25-17-9-1-2-10-18(17)29-26(28(25)36)21-13-5-8-16-24(21)38-29;1-2-8-14-13(7-1)19-15-9-3-5-11-17(15)23-21(19)20-16-10-4-6-12-18(16)24-22(14)20;11-8-7-5-3-1-2-4-6(5)15-9(7)14-10(12)13-8/h1-16H;1-12,23H;1-4H. The highest BCUT2D eigenvalue weighted by Gasteiger charge is 2.26. The minimum Gasteiger partial charge on any atom is -0.437 e. The summed E-state index contributed by atoms with van der Waals surface area (Å²) in [6.45, 7) is 0. The number of rotatable bonds is 1. The van der Waals surface area contributed by atoms with E-state index in [1.54, 1.807) is 0 Å². The van der Waals surface area contributed by atoms with Gasteiger partial charge < -0.3 is 13.8 Å². The fourth-order valence-electron chi connectivity index (χ4n) is 11.6. The van der Waals surface area contributed by atoms with Crippen molar-refractivity contribution >= 4 is 207 Å². The molecular formula is C64H33Cl3N6O2S2. The van der Waals surface area contributed by atoms with Crippen LogP contribution in [0, 0.1) is 0 Å². The van der Waals surface area contributed by atoms with Crippen LogP contribution in [0.5, 0.6) is 0 Å². The molecule has 0 spiro atoms. The summed E-state index contributed by atoms with van der Waals surface area (Å²) in [7, 11) is 0. The molecule has 13 heteroatoms. The second-order valence-electron chi connectivity index (χ2n) is 18.8. The molecule has 0 saturated heterocycles. The zero-order chi connectivity index (χ0) is 51.0. The number of halogens is 3. The van der Waals surface area contributed by atoms with Crippen molar-refractivity contribution in [1.82, 2.24) is 29.5 Å². The molecule has 0 aliphatic heterocycles. The maximum absolute atomic E-state index is 6.56. The zero-order valence-corrected chi connectivity index (χ0v) is 43.9. The molecule has 1 N–H and O–H groups in total. The van der Waals surface area contributed by atoms with Crippen LogP contribution < -0.4 is 0 Å². The number of aromatic nitrogens is 6. The topological polar surface area (TPSA) is 98.6 Å². The fraction of sp³-hybridized carbons (Fsp3) is 0. The van der Waals surface area contributed by atoms with Crippen molar-refractivity contribution < 1.29 is 8.83 Å². The first-order chi connectivity index (χ1) is 37.9. The largest absolute Gasteiger partial charge is 0.437 e. The van der Waals surface area contributed by atoms with Crippen molar-refractivity contribution in [3.63, 3.8) is 0 Å². The lowest BCUT2D eigenvalue weighted by Crippen LogP contribution is -2.00. The Morgan fingerprint density at radius 1 is 0.377 bits per heavy atom. The monoisotopic (exact) mass is 1090 g/mol. The van der Waals surface area contributed by atoms with Gasteiger partial charge >= 0.3 is 0 Å². The van der Waals surface area contributed by atoms with Gasteiger partial charge in [-0.1, -0.05) is 169 Å². The van der Waals surface area contributed by atoms with E-state index in [4.69, 9.17) is 48.6 Å². The molecular weight excluding hydrogens is 1060 g/mol. The number of fused-ring (bicyclic) bond motifs is 26. The first-order valence-corrected chi connectivity index (χ1v) is 27.5. The van der Waals surface area contributed by atoms with E-state index in [2.05, 4.69) is 176 Å². The molecule has 0 unspecified atom stereocenters.